The van der Waals surface area contributed by atoms with Crippen LogP contribution < -0.4 is 10.6 Å². The highest BCUT2D eigenvalue weighted by Gasteiger charge is 2.09. The zero-order valence-electron chi connectivity index (χ0n) is 13.3. The summed E-state index contributed by atoms with van der Waals surface area (Å²) in [6.45, 7) is 3.91. The number of imide groups is 1. The predicted molar refractivity (Wildman–Crippen MR) is 95.7 cm³/mol. The minimum atomic E-state index is -0.498. The molecule has 0 saturated heterocycles. The fraction of sp³-hybridized carbons (Fsp3) is 0.222. The summed E-state index contributed by atoms with van der Waals surface area (Å²) in [5.74, 6) is 0.690. The average molecular weight is 328 g/mol. The van der Waals surface area contributed by atoms with E-state index in [2.05, 4.69) is 10.6 Å². The van der Waals surface area contributed by atoms with Crippen LogP contribution in [0.3, 0.4) is 0 Å². The Hall–Kier alpha value is -2.27. The van der Waals surface area contributed by atoms with Crippen molar-refractivity contribution in [2.45, 2.75) is 19.6 Å². The summed E-state index contributed by atoms with van der Waals surface area (Å²) in [5.41, 5.74) is 3.95. The van der Waals surface area contributed by atoms with Crippen molar-refractivity contribution in [3.05, 3.63) is 65.2 Å². The molecule has 0 fully saturated rings. The maximum Gasteiger partial charge on any atom is 0.325 e. The molecule has 120 valence electrons. The van der Waals surface area contributed by atoms with Gasteiger partial charge in [-0.2, -0.15) is 0 Å². The summed E-state index contributed by atoms with van der Waals surface area (Å²) in [6.07, 6.45) is 0. The zero-order chi connectivity index (χ0) is 16.7. The van der Waals surface area contributed by atoms with Gasteiger partial charge in [0.05, 0.1) is 5.75 Å². The molecule has 2 N–H and O–H groups in total. The molecule has 23 heavy (non-hydrogen) atoms. The van der Waals surface area contributed by atoms with Gasteiger partial charge in [0.15, 0.2) is 0 Å². The standard InChI is InChI=1S/C18H20N2O2S/c1-13-8-9-16(14(2)10-13)19-18(22)20-17(21)12-23-11-15-6-4-3-5-7-15/h3-10H,11-12H2,1-2H3,(H2,19,20,21,22). The number of nitrogens with one attached hydrogen (secondary N) is 2. The minimum absolute atomic E-state index is 0.245. The highest BCUT2D eigenvalue weighted by Crippen LogP contribution is 2.16. The van der Waals surface area contributed by atoms with Gasteiger partial charge >= 0.3 is 6.03 Å². The van der Waals surface area contributed by atoms with Crippen LogP contribution >= 0.6 is 11.8 Å². The molecular formula is C18H20N2O2S. The maximum absolute atomic E-state index is 11.8. The maximum atomic E-state index is 11.8. The first kappa shape index (κ1) is 17.1. The van der Waals surface area contributed by atoms with Crippen molar-refractivity contribution in [3.8, 4) is 0 Å². The number of urea groups is 1. The first-order valence-electron chi connectivity index (χ1n) is 7.34. The number of carbonyl (C=O) groups excluding carboxylic acids is 2. The number of rotatable bonds is 5. The molecule has 2 aromatic rings. The lowest BCUT2D eigenvalue weighted by Crippen LogP contribution is -2.35. The minimum Gasteiger partial charge on any atom is -0.307 e. The second-order valence-corrected chi connectivity index (χ2v) is 6.28. The van der Waals surface area contributed by atoms with Crippen LogP contribution in [0.5, 0.6) is 0 Å². The summed E-state index contributed by atoms with van der Waals surface area (Å²) in [7, 11) is 0. The molecule has 0 aliphatic carbocycles. The average Bonchev–Trinajstić information content (AvgIpc) is 2.51. The SMILES string of the molecule is Cc1ccc(NC(=O)NC(=O)CSCc2ccccc2)c(C)c1. The molecule has 4 nitrogen and oxygen atoms in total. The number of anilines is 1. The Labute approximate surface area is 140 Å². The van der Waals surface area contributed by atoms with Gasteiger partial charge in [-0.3, -0.25) is 10.1 Å². The number of thioether (sulfide) groups is 1. The third kappa shape index (κ3) is 5.79. The summed E-state index contributed by atoms with van der Waals surface area (Å²) in [6, 6.07) is 15.1. The van der Waals surface area contributed by atoms with Crippen LogP contribution in [0, 0.1) is 13.8 Å². The van der Waals surface area contributed by atoms with Crippen molar-refractivity contribution in [2.75, 3.05) is 11.1 Å². The molecule has 0 saturated carbocycles. The van der Waals surface area contributed by atoms with Crippen molar-refractivity contribution in [2.24, 2.45) is 0 Å². The first-order valence-corrected chi connectivity index (χ1v) is 8.50. The van der Waals surface area contributed by atoms with E-state index in [-0.39, 0.29) is 11.7 Å². The molecule has 2 rings (SSSR count). The normalized spacial score (nSPS) is 10.2. The lowest BCUT2D eigenvalue weighted by molar-refractivity contribution is -0.117. The molecule has 2 aromatic carbocycles. The molecule has 0 aliphatic rings. The van der Waals surface area contributed by atoms with Gasteiger partial charge in [-0.25, -0.2) is 4.79 Å². The Morgan fingerprint density at radius 3 is 2.48 bits per heavy atom. The molecule has 3 amide bonds. The van der Waals surface area contributed by atoms with E-state index in [4.69, 9.17) is 0 Å². The van der Waals surface area contributed by atoms with Crippen LogP contribution in [-0.2, 0) is 10.5 Å². The van der Waals surface area contributed by atoms with Crippen molar-refractivity contribution in [1.82, 2.24) is 5.32 Å². The topological polar surface area (TPSA) is 58.2 Å². The number of aryl methyl sites for hydroxylation is 2. The fourth-order valence-corrected chi connectivity index (χ4v) is 2.89. The van der Waals surface area contributed by atoms with Crippen molar-refractivity contribution in [3.63, 3.8) is 0 Å². The van der Waals surface area contributed by atoms with Gasteiger partial charge in [0.25, 0.3) is 0 Å². The number of benzene rings is 2. The molecule has 0 heterocycles. The molecule has 5 heteroatoms. The zero-order valence-corrected chi connectivity index (χ0v) is 14.1. The summed E-state index contributed by atoms with van der Waals surface area (Å²) in [5, 5.41) is 5.04. The Balaban J connectivity index is 1.75. The molecule has 0 spiro atoms. The van der Waals surface area contributed by atoms with Gasteiger partial charge in [-0.05, 0) is 31.0 Å². The van der Waals surface area contributed by atoms with E-state index < -0.39 is 6.03 Å². The summed E-state index contributed by atoms with van der Waals surface area (Å²) < 4.78 is 0. The first-order chi connectivity index (χ1) is 11.0. The summed E-state index contributed by atoms with van der Waals surface area (Å²) >= 11 is 1.48. The van der Waals surface area contributed by atoms with E-state index in [1.807, 2.05) is 62.4 Å². The number of amides is 3. The lowest BCUT2D eigenvalue weighted by atomic mass is 10.1. The molecule has 0 atom stereocenters. The molecular weight excluding hydrogens is 308 g/mol. The second-order valence-electron chi connectivity index (χ2n) is 5.30. The quantitative estimate of drug-likeness (QED) is 0.875. The smallest absolute Gasteiger partial charge is 0.307 e. The Morgan fingerprint density at radius 2 is 1.78 bits per heavy atom. The third-order valence-corrected chi connectivity index (χ3v) is 4.23. The highest BCUT2D eigenvalue weighted by molar-refractivity contribution is 7.99. The van der Waals surface area contributed by atoms with Gasteiger partial charge in [0, 0.05) is 11.4 Å². The second kappa shape index (κ2) is 8.39. The van der Waals surface area contributed by atoms with Gasteiger partial charge in [-0.1, -0.05) is 48.0 Å². The van der Waals surface area contributed by atoms with E-state index in [1.54, 1.807) is 0 Å². The van der Waals surface area contributed by atoms with Crippen LogP contribution in [0.4, 0.5) is 10.5 Å². The van der Waals surface area contributed by atoms with E-state index in [0.29, 0.717) is 5.69 Å². The molecule has 0 radical (unpaired) electrons. The van der Waals surface area contributed by atoms with Crippen LogP contribution in [0.25, 0.3) is 0 Å². The summed E-state index contributed by atoms with van der Waals surface area (Å²) in [4.78, 5) is 23.6. The van der Waals surface area contributed by atoms with Crippen molar-refractivity contribution < 1.29 is 9.59 Å². The third-order valence-electron chi connectivity index (χ3n) is 3.23. The van der Waals surface area contributed by atoms with Gasteiger partial charge in [0.1, 0.15) is 0 Å². The Bertz CT molecular complexity index is 687. The number of carbonyl (C=O) groups is 2. The molecule has 0 bridgehead atoms. The lowest BCUT2D eigenvalue weighted by Gasteiger charge is -2.09. The number of hydrogen-bond donors (Lipinski definition) is 2. The van der Waals surface area contributed by atoms with Gasteiger partial charge in [-0.15, -0.1) is 11.8 Å². The van der Waals surface area contributed by atoms with Crippen LogP contribution in [0.1, 0.15) is 16.7 Å². The van der Waals surface area contributed by atoms with E-state index in [1.165, 1.54) is 11.8 Å². The van der Waals surface area contributed by atoms with Crippen molar-refractivity contribution in [1.29, 1.82) is 0 Å². The molecule has 0 aliphatic heterocycles. The fourth-order valence-electron chi connectivity index (χ4n) is 2.11. The highest BCUT2D eigenvalue weighted by atomic mass is 32.2. The van der Waals surface area contributed by atoms with Crippen LogP contribution in [0.15, 0.2) is 48.5 Å². The number of hydrogen-bond acceptors (Lipinski definition) is 3. The van der Waals surface area contributed by atoms with Gasteiger partial charge < -0.3 is 5.32 Å². The largest absolute Gasteiger partial charge is 0.325 e. The van der Waals surface area contributed by atoms with E-state index >= 15 is 0 Å². The molecule has 0 aromatic heterocycles. The van der Waals surface area contributed by atoms with Gasteiger partial charge in [0.2, 0.25) is 5.91 Å². The molecule has 0 unspecified atom stereocenters. The van der Waals surface area contributed by atoms with Crippen LogP contribution in [0.2, 0.25) is 0 Å². The Morgan fingerprint density at radius 1 is 1.04 bits per heavy atom. The van der Waals surface area contributed by atoms with Crippen molar-refractivity contribution >= 4 is 29.4 Å². The van der Waals surface area contributed by atoms with E-state index in [9.17, 15) is 9.59 Å². The predicted octanol–water partition coefficient (Wildman–Crippen LogP) is 3.88. The van der Waals surface area contributed by atoms with Crippen LogP contribution in [-0.4, -0.2) is 17.7 Å². The Kier molecular flexibility index (Phi) is 6.23. The van der Waals surface area contributed by atoms with E-state index in [0.717, 1.165) is 22.4 Å². The monoisotopic (exact) mass is 328 g/mol.